The summed E-state index contributed by atoms with van der Waals surface area (Å²) < 4.78 is 8.13. The number of hydrogen-bond donors (Lipinski definition) is 1. The van der Waals surface area contributed by atoms with E-state index in [1.54, 1.807) is 0 Å². The first-order valence-electron chi connectivity index (χ1n) is 7.59. The Morgan fingerprint density at radius 1 is 1.10 bits per heavy atom. The van der Waals surface area contributed by atoms with Crippen LogP contribution < -0.4 is 4.74 Å². The van der Waals surface area contributed by atoms with Gasteiger partial charge in [0.1, 0.15) is 12.3 Å². The zero-order chi connectivity index (χ0) is 14.3. The van der Waals surface area contributed by atoms with E-state index in [0.29, 0.717) is 6.61 Å². The van der Waals surface area contributed by atoms with Crippen LogP contribution in [0.15, 0.2) is 24.3 Å². The number of hydrogen-bond acceptors (Lipinski definition) is 2. The fourth-order valence-electron chi connectivity index (χ4n) is 3.07. The Morgan fingerprint density at radius 2 is 1.85 bits per heavy atom. The first-order chi connectivity index (χ1) is 9.76. The average Bonchev–Trinajstić information content (AvgIpc) is 2.90. The number of unbranched alkanes of at least 4 members (excludes halogenated alkanes) is 1. The molecule has 0 spiro atoms. The van der Waals surface area contributed by atoms with Gasteiger partial charge in [-0.1, -0.05) is 12.1 Å². The molecule has 20 heavy (non-hydrogen) atoms. The fourth-order valence-corrected chi connectivity index (χ4v) is 3.61. The molecule has 4 heteroatoms. The smallest absolute Gasteiger partial charge is 0.132 e. The largest absolute Gasteiger partial charge is 0.492 e. The minimum Gasteiger partial charge on any atom is -0.492 e. The Kier molecular flexibility index (Phi) is 6.58. The summed E-state index contributed by atoms with van der Waals surface area (Å²) in [6.07, 6.45) is 4.91. The van der Waals surface area contributed by atoms with Gasteiger partial charge in [-0.25, -0.2) is 0 Å². The van der Waals surface area contributed by atoms with Crippen molar-refractivity contribution in [2.75, 3.05) is 39.4 Å². The van der Waals surface area contributed by atoms with Gasteiger partial charge in [-0.2, -0.15) is 0 Å². The van der Waals surface area contributed by atoms with E-state index < -0.39 is 0 Å². The van der Waals surface area contributed by atoms with Gasteiger partial charge in [-0.05, 0) is 47.6 Å². The number of para-hydroxylation sites is 1. The Hall–Kier alpha value is -0.330. The van der Waals surface area contributed by atoms with Gasteiger partial charge in [-0.3, -0.25) is 0 Å². The predicted octanol–water partition coefficient (Wildman–Crippen LogP) is 3.05. The van der Waals surface area contributed by atoms with Gasteiger partial charge in [0, 0.05) is 12.8 Å². The first kappa shape index (κ1) is 16.0. The molecule has 1 N–H and O–H groups in total. The summed E-state index contributed by atoms with van der Waals surface area (Å²) in [6, 6.07) is 8.15. The van der Waals surface area contributed by atoms with Crippen molar-refractivity contribution in [3.05, 3.63) is 27.8 Å². The second-order valence-corrected chi connectivity index (χ2v) is 6.81. The molecule has 1 heterocycles. The molecule has 0 bridgehead atoms. The summed E-state index contributed by atoms with van der Waals surface area (Å²) in [7, 11) is 0. The second-order valence-electron chi connectivity index (χ2n) is 5.65. The summed E-state index contributed by atoms with van der Waals surface area (Å²) in [4.78, 5) is 0. The monoisotopic (exact) mass is 390 g/mol. The van der Waals surface area contributed by atoms with Crippen LogP contribution in [0.4, 0.5) is 0 Å². The third-order valence-corrected chi connectivity index (χ3v) is 5.10. The van der Waals surface area contributed by atoms with Crippen LogP contribution in [-0.4, -0.2) is 49.0 Å². The number of aliphatic hydroxyl groups excluding tert-OH is 1. The van der Waals surface area contributed by atoms with E-state index in [9.17, 15) is 5.11 Å². The molecule has 0 unspecified atom stereocenters. The SMILES string of the molecule is OCC[N+]1(CCCCOc2ccccc2I)CCCC1. The molecule has 0 saturated carbocycles. The maximum absolute atomic E-state index is 9.23. The molecule has 1 fully saturated rings. The molecular weight excluding hydrogens is 365 g/mol. The van der Waals surface area contributed by atoms with E-state index in [0.717, 1.165) is 29.8 Å². The molecule has 0 atom stereocenters. The highest BCUT2D eigenvalue weighted by atomic mass is 127. The van der Waals surface area contributed by atoms with E-state index in [2.05, 4.69) is 28.7 Å². The van der Waals surface area contributed by atoms with Gasteiger partial charge < -0.3 is 14.3 Å². The van der Waals surface area contributed by atoms with Gasteiger partial charge in [0.15, 0.2) is 0 Å². The summed E-state index contributed by atoms with van der Waals surface area (Å²) in [5.41, 5.74) is 0. The van der Waals surface area contributed by atoms with Gasteiger partial charge in [0.25, 0.3) is 0 Å². The van der Waals surface area contributed by atoms with Gasteiger partial charge in [0.05, 0.1) is 36.4 Å². The lowest BCUT2D eigenvalue weighted by molar-refractivity contribution is -0.917. The Balaban J connectivity index is 1.67. The molecule has 0 radical (unpaired) electrons. The minimum atomic E-state index is 0.318. The van der Waals surface area contributed by atoms with Crippen LogP contribution in [0, 0.1) is 3.57 Å². The van der Waals surface area contributed by atoms with Crippen molar-refractivity contribution in [1.29, 1.82) is 0 Å². The number of halogens is 1. The van der Waals surface area contributed by atoms with Crippen molar-refractivity contribution in [2.45, 2.75) is 25.7 Å². The highest BCUT2D eigenvalue weighted by Crippen LogP contribution is 2.21. The van der Waals surface area contributed by atoms with E-state index >= 15 is 0 Å². The van der Waals surface area contributed by atoms with Crippen molar-refractivity contribution >= 4 is 22.6 Å². The van der Waals surface area contributed by atoms with Crippen LogP contribution >= 0.6 is 22.6 Å². The normalized spacial score (nSPS) is 17.3. The first-order valence-corrected chi connectivity index (χ1v) is 8.67. The van der Waals surface area contributed by atoms with Crippen molar-refractivity contribution < 1.29 is 14.3 Å². The van der Waals surface area contributed by atoms with Crippen molar-refractivity contribution in [1.82, 2.24) is 0 Å². The molecule has 0 aliphatic carbocycles. The van der Waals surface area contributed by atoms with Gasteiger partial charge in [0.2, 0.25) is 0 Å². The number of benzene rings is 1. The number of aliphatic hydroxyl groups is 1. The quantitative estimate of drug-likeness (QED) is 0.420. The van der Waals surface area contributed by atoms with Gasteiger partial charge in [-0.15, -0.1) is 0 Å². The molecule has 0 amide bonds. The molecule has 112 valence electrons. The lowest BCUT2D eigenvalue weighted by Gasteiger charge is -2.33. The third-order valence-electron chi connectivity index (χ3n) is 4.21. The number of ether oxygens (including phenoxy) is 1. The lowest BCUT2D eigenvalue weighted by atomic mass is 10.2. The Morgan fingerprint density at radius 3 is 2.55 bits per heavy atom. The molecule has 0 aromatic heterocycles. The highest BCUT2D eigenvalue weighted by molar-refractivity contribution is 14.1. The molecule has 1 saturated heterocycles. The zero-order valence-corrected chi connectivity index (χ0v) is 14.2. The maximum atomic E-state index is 9.23. The second kappa shape index (κ2) is 8.20. The highest BCUT2D eigenvalue weighted by Gasteiger charge is 2.30. The van der Waals surface area contributed by atoms with Crippen LogP contribution in [0.25, 0.3) is 0 Å². The summed E-state index contributed by atoms with van der Waals surface area (Å²) in [5, 5.41) is 9.23. The van der Waals surface area contributed by atoms with E-state index in [1.165, 1.54) is 42.5 Å². The predicted molar refractivity (Wildman–Crippen MR) is 89.9 cm³/mol. The maximum Gasteiger partial charge on any atom is 0.132 e. The fraction of sp³-hybridized carbons (Fsp3) is 0.625. The van der Waals surface area contributed by atoms with Crippen LogP contribution in [0.5, 0.6) is 5.75 Å². The van der Waals surface area contributed by atoms with E-state index in [4.69, 9.17) is 4.74 Å². The third kappa shape index (κ3) is 4.60. The number of rotatable bonds is 8. The standard InChI is InChI=1S/C16H25INO2/c17-15-7-1-2-8-16(15)20-14-6-5-11-18(12-13-19)9-3-4-10-18/h1-2,7-8,19H,3-6,9-14H2/q+1. The molecule has 1 aliphatic rings. The topological polar surface area (TPSA) is 29.5 Å². The molecule has 3 nitrogen and oxygen atoms in total. The number of likely N-dealkylation sites (tertiary alicyclic amines) is 1. The number of nitrogens with zero attached hydrogens (tertiary/aromatic N) is 1. The van der Waals surface area contributed by atoms with Crippen molar-refractivity contribution in [3.63, 3.8) is 0 Å². The van der Waals surface area contributed by atoms with Crippen molar-refractivity contribution in [3.8, 4) is 5.75 Å². The molecular formula is C16H25INO2+. The zero-order valence-electron chi connectivity index (χ0n) is 12.1. The molecule has 1 aliphatic heterocycles. The summed E-state index contributed by atoms with van der Waals surface area (Å²) in [6.45, 7) is 5.72. The number of quaternary nitrogens is 1. The minimum absolute atomic E-state index is 0.318. The van der Waals surface area contributed by atoms with Crippen LogP contribution in [0.1, 0.15) is 25.7 Å². The lowest BCUT2D eigenvalue weighted by Crippen LogP contribution is -2.48. The Labute approximate surface area is 135 Å². The summed E-state index contributed by atoms with van der Waals surface area (Å²) in [5.74, 6) is 0.994. The molecule has 1 aromatic rings. The van der Waals surface area contributed by atoms with Crippen LogP contribution in [0.3, 0.4) is 0 Å². The summed E-state index contributed by atoms with van der Waals surface area (Å²) >= 11 is 2.31. The van der Waals surface area contributed by atoms with Crippen LogP contribution in [0.2, 0.25) is 0 Å². The van der Waals surface area contributed by atoms with Crippen LogP contribution in [-0.2, 0) is 0 Å². The van der Waals surface area contributed by atoms with Gasteiger partial charge >= 0.3 is 0 Å². The van der Waals surface area contributed by atoms with E-state index in [1.807, 2.05) is 18.2 Å². The average molecular weight is 390 g/mol. The van der Waals surface area contributed by atoms with Crippen molar-refractivity contribution in [2.24, 2.45) is 0 Å². The van der Waals surface area contributed by atoms with E-state index in [-0.39, 0.29) is 0 Å². The molecule has 2 rings (SSSR count). The Bertz CT molecular complexity index is 405. The molecule has 1 aromatic carbocycles.